The van der Waals surface area contributed by atoms with Gasteiger partial charge in [0.2, 0.25) is 11.8 Å². The molecule has 0 aliphatic rings. The maximum absolute atomic E-state index is 14.2. The third-order valence-electron chi connectivity index (χ3n) is 6.75. The van der Waals surface area contributed by atoms with Gasteiger partial charge in [-0.15, -0.1) is 0 Å². The Morgan fingerprint density at radius 3 is 2.17 bits per heavy atom. The van der Waals surface area contributed by atoms with Gasteiger partial charge in [0.25, 0.3) is 10.0 Å². The lowest BCUT2D eigenvalue weighted by Crippen LogP contribution is -2.53. The number of amides is 2. The molecule has 40 heavy (non-hydrogen) atoms. The summed E-state index contributed by atoms with van der Waals surface area (Å²) in [6, 6.07) is 18.1. The highest BCUT2D eigenvalue weighted by Crippen LogP contribution is 2.30. The number of hydrogen-bond acceptors (Lipinski definition) is 4. The van der Waals surface area contributed by atoms with Crippen LogP contribution >= 0.6 is 11.6 Å². The van der Waals surface area contributed by atoms with Gasteiger partial charge in [0.05, 0.1) is 10.6 Å². The third-order valence-corrected chi connectivity index (χ3v) is 8.76. The van der Waals surface area contributed by atoms with Crippen molar-refractivity contribution in [1.82, 2.24) is 10.2 Å². The van der Waals surface area contributed by atoms with Crippen molar-refractivity contribution in [2.24, 2.45) is 0 Å². The van der Waals surface area contributed by atoms with Crippen molar-refractivity contribution in [3.63, 3.8) is 0 Å². The zero-order valence-corrected chi connectivity index (χ0v) is 25.5. The quantitative estimate of drug-likeness (QED) is 0.309. The largest absolute Gasteiger partial charge is 0.352 e. The smallest absolute Gasteiger partial charge is 0.264 e. The highest BCUT2D eigenvalue weighted by atomic mass is 35.5. The first-order valence-electron chi connectivity index (χ1n) is 13.3. The van der Waals surface area contributed by atoms with E-state index in [0.29, 0.717) is 22.7 Å². The Morgan fingerprint density at radius 2 is 1.57 bits per heavy atom. The minimum absolute atomic E-state index is 0.0559. The van der Waals surface area contributed by atoms with Crippen LogP contribution in [-0.2, 0) is 26.2 Å². The number of sulfonamides is 1. The number of nitrogens with zero attached hydrogens (tertiary/aromatic N) is 2. The minimum atomic E-state index is -4.16. The minimum Gasteiger partial charge on any atom is -0.352 e. The van der Waals surface area contributed by atoms with Crippen molar-refractivity contribution in [2.45, 2.75) is 71.5 Å². The molecule has 0 aromatic heterocycles. The fraction of sp³-hybridized carbons (Fsp3) is 0.355. The Hall–Kier alpha value is -3.36. The van der Waals surface area contributed by atoms with Gasteiger partial charge < -0.3 is 10.2 Å². The van der Waals surface area contributed by atoms with E-state index in [2.05, 4.69) is 5.32 Å². The summed E-state index contributed by atoms with van der Waals surface area (Å²) in [5, 5.41) is 3.25. The van der Waals surface area contributed by atoms with Crippen molar-refractivity contribution in [3.8, 4) is 0 Å². The van der Waals surface area contributed by atoms with Crippen molar-refractivity contribution in [3.05, 3.63) is 94.0 Å². The molecule has 0 heterocycles. The summed E-state index contributed by atoms with van der Waals surface area (Å²) >= 11 is 6.29. The number of carbonyl (C=O) groups is 2. The predicted molar refractivity (Wildman–Crippen MR) is 161 cm³/mol. The number of benzene rings is 3. The van der Waals surface area contributed by atoms with Gasteiger partial charge in [0, 0.05) is 17.6 Å². The Morgan fingerprint density at radius 1 is 0.925 bits per heavy atom. The highest BCUT2D eigenvalue weighted by Gasteiger charge is 2.34. The van der Waals surface area contributed by atoms with Crippen LogP contribution in [0.5, 0.6) is 0 Å². The summed E-state index contributed by atoms with van der Waals surface area (Å²) < 4.78 is 29.2. The van der Waals surface area contributed by atoms with Gasteiger partial charge in [-0.05, 0) is 82.0 Å². The molecule has 0 fully saturated rings. The molecule has 0 radical (unpaired) electrons. The number of aryl methyl sites for hydroxylation is 3. The molecular formula is C31H38ClN3O4S. The van der Waals surface area contributed by atoms with E-state index in [-0.39, 0.29) is 23.4 Å². The average molecular weight is 584 g/mol. The Labute approximate surface area is 243 Å². The number of nitrogens with one attached hydrogen (secondary N) is 1. The Kier molecular flexibility index (Phi) is 10.4. The van der Waals surface area contributed by atoms with Gasteiger partial charge in [-0.25, -0.2) is 8.42 Å². The van der Waals surface area contributed by atoms with Crippen LogP contribution in [-0.4, -0.2) is 43.8 Å². The van der Waals surface area contributed by atoms with Crippen LogP contribution in [0.15, 0.2) is 71.6 Å². The van der Waals surface area contributed by atoms with Gasteiger partial charge in [-0.1, -0.05) is 66.6 Å². The van der Waals surface area contributed by atoms with Gasteiger partial charge >= 0.3 is 0 Å². The van der Waals surface area contributed by atoms with E-state index < -0.39 is 28.5 Å². The molecule has 1 unspecified atom stereocenters. The maximum atomic E-state index is 14.2. The first-order chi connectivity index (χ1) is 18.8. The first kappa shape index (κ1) is 31.2. The maximum Gasteiger partial charge on any atom is 0.264 e. The molecule has 0 saturated carbocycles. The van der Waals surface area contributed by atoms with E-state index in [4.69, 9.17) is 11.6 Å². The number of halogens is 1. The van der Waals surface area contributed by atoms with Crippen LogP contribution in [0.4, 0.5) is 5.69 Å². The van der Waals surface area contributed by atoms with Crippen LogP contribution in [0.25, 0.3) is 0 Å². The van der Waals surface area contributed by atoms with Crippen molar-refractivity contribution >= 4 is 39.1 Å². The van der Waals surface area contributed by atoms with E-state index in [1.54, 1.807) is 37.3 Å². The molecule has 3 rings (SSSR count). The van der Waals surface area contributed by atoms with E-state index in [1.165, 1.54) is 17.0 Å². The summed E-state index contributed by atoms with van der Waals surface area (Å²) in [6.45, 7) is 10.8. The molecule has 214 valence electrons. The second-order valence-corrected chi connectivity index (χ2v) is 12.6. The van der Waals surface area contributed by atoms with Crippen molar-refractivity contribution in [1.29, 1.82) is 0 Å². The normalized spacial score (nSPS) is 12.2. The van der Waals surface area contributed by atoms with E-state index in [1.807, 2.05) is 58.9 Å². The summed E-state index contributed by atoms with van der Waals surface area (Å²) in [4.78, 5) is 29.0. The summed E-state index contributed by atoms with van der Waals surface area (Å²) in [7, 11) is -4.16. The number of carbonyl (C=O) groups excluding carboxylic acids is 2. The summed E-state index contributed by atoms with van der Waals surface area (Å²) in [5.74, 6) is -0.782. The zero-order valence-electron chi connectivity index (χ0n) is 23.9. The van der Waals surface area contributed by atoms with Crippen LogP contribution in [0, 0.1) is 20.8 Å². The predicted octanol–water partition coefficient (Wildman–Crippen LogP) is 5.79. The summed E-state index contributed by atoms with van der Waals surface area (Å²) in [6.07, 6.45) is 0.358. The lowest BCUT2D eigenvalue weighted by molar-refractivity contribution is -0.140. The molecule has 9 heteroatoms. The molecule has 7 nitrogen and oxygen atoms in total. The van der Waals surface area contributed by atoms with Crippen molar-refractivity contribution < 1.29 is 18.0 Å². The third kappa shape index (κ3) is 7.43. The van der Waals surface area contributed by atoms with E-state index in [9.17, 15) is 18.0 Å². The zero-order chi connectivity index (χ0) is 29.6. The van der Waals surface area contributed by atoms with Crippen LogP contribution in [0.2, 0.25) is 5.02 Å². The van der Waals surface area contributed by atoms with E-state index >= 15 is 0 Å². The number of rotatable bonds is 11. The highest BCUT2D eigenvalue weighted by molar-refractivity contribution is 7.92. The summed E-state index contributed by atoms with van der Waals surface area (Å²) in [5.41, 5.74) is 3.69. The topological polar surface area (TPSA) is 86.8 Å². The van der Waals surface area contributed by atoms with Gasteiger partial charge in [-0.2, -0.15) is 0 Å². The van der Waals surface area contributed by atoms with E-state index in [0.717, 1.165) is 21.0 Å². The molecule has 0 aliphatic heterocycles. The standard InChI is InChI=1S/C31H38ClN3O4S/c1-7-28(31(37)33-21(2)3)34(19-25-11-9-8-10-23(25)5)30(36)20-35(29-18-26(32)15-14-24(29)6)40(38,39)27-16-12-22(4)13-17-27/h8-18,21,28H,7,19-20H2,1-6H3,(H,33,37). The van der Waals surface area contributed by atoms with Crippen molar-refractivity contribution in [2.75, 3.05) is 10.8 Å². The molecule has 0 saturated heterocycles. The molecule has 2 amide bonds. The molecule has 3 aromatic rings. The molecule has 0 bridgehead atoms. The van der Waals surface area contributed by atoms with Gasteiger partial charge in [-0.3, -0.25) is 13.9 Å². The lowest BCUT2D eigenvalue weighted by Gasteiger charge is -2.34. The van der Waals surface area contributed by atoms with Crippen LogP contribution < -0.4 is 9.62 Å². The first-order valence-corrected chi connectivity index (χ1v) is 15.2. The molecule has 3 aromatic carbocycles. The number of hydrogen-bond donors (Lipinski definition) is 1. The van der Waals surface area contributed by atoms with Crippen LogP contribution in [0.1, 0.15) is 49.4 Å². The number of anilines is 1. The van der Waals surface area contributed by atoms with Gasteiger partial charge in [0.15, 0.2) is 0 Å². The molecule has 0 aliphatic carbocycles. The molecule has 1 atom stereocenters. The second-order valence-electron chi connectivity index (χ2n) is 10.3. The van der Waals surface area contributed by atoms with Gasteiger partial charge in [0.1, 0.15) is 12.6 Å². The monoisotopic (exact) mass is 583 g/mol. The lowest BCUT2D eigenvalue weighted by atomic mass is 10.1. The Balaban J connectivity index is 2.12. The molecule has 0 spiro atoms. The van der Waals surface area contributed by atoms with Crippen LogP contribution in [0.3, 0.4) is 0 Å². The second kappa shape index (κ2) is 13.3. The SMILES string of the molecule is CCC(C(=O)NC(C)C)N(Cc1ccccc1C)C(=O)CN(c1cc(Cl)ccc1C)S(=O)(=O)c1ccc(C)cc1. The molecule has 1 N–H and O–H groups in total. The Bertz CT molecular complexity index is 1460. The fourth-order valence-corrected chi connectivity index (χ4v) is 6.11. The fourth-order valence-electron chi connectivity index (χ4n) is 4.47. The molecular weight excluding hydrogens is 546 g/mol. The average Bonchev–Trinajstić information content (AvgIpc) is 2.89.